The van der Waals surface area contributed by atoms with E-state index in [0.717, 1.165) is 3.57 Å². The Kier molecular flexibility index (Phi) is 6.37. The van der Waals surface area contributed by atoms with Gasteiger partial charge < -0.3 is 10.2 Å². The normalized spacial score (nSPS) is 16.0. The van der Waals surface area contributed by atoms with Crippen molar-refractivity contribution >= 4 is 63.1 Å². The molecule has 0 spiro atoms. The van der Waals surface area contributed by atoms with Crippen LogP contribution < -0.4 is 20.5 Å². The molecule has 1 fully saturated rings. The molecule has 2 heterocycles. The van der Waals surface area contributed by atoms with Gasteiger partial charge in [0.1, 0.15) is 12.6 Å². The van der Waals surface area contributed by atoms with Gasteiger partial charge in [-0.3, -0.25) is 19.0 Å². The SMILES string of the molecule is C[n+]1[nH]oc(=O)c1CN1C(=S)N(c2ccccc2)C(=O)C1CC(=O)Nc1ccc(I)cc1. The van der Waals surface area contributed by atoms with E-state index in [2.05, 4.69) is 33.2 Å². The summed E-state index contributed by atoms with van der Waals surface area (Å²) in [6.45, 7) is 0.0116. The summed E-state index contributed by atoms with van der Waals surface area (Å²) < 4.78 is 7.28. The molecule has 32 heavy (non-hydrogen) atoms. The Hall–Kier alpha value is -3.06. The summed E-state index contributed by atoms with van der Waals surface area (Å²) in [6, 6.07) is 15.4. The number of para-hydroxylation sites is 1. The number of nitrogens with one attached hydrogen (secondary N) is 2. The van der Waals surface area contributed by atoms with Crippen molar-refractivity contribution in [1.29, 1.82) is 0 Å². The Morgan fingerprint density at radius 3 is 2.50 bits per heavy atom. The first-order valence-corrected chi connectivity index (χ1v) is 11.2. The van der Waals surface area contributed by atoms with Gasteiger partial charge in [0.25, 0.3) is 5.91 Å². The molecule has 1 unspecified atom stereocenters. The largest absolute Gasteiger partial charge is 0.431 e. The Balaban J connectivity index is 1.62. The zero-order valence-corrected chi connectivity index (χ0v) is 19.9. The van der Waals surface area contributed by atoms with Crippen LogP contribution in [0.5, 0.6) is 0 Å². The van der Waals surface area contributed by atoms with E-state index < -0.39 is 11.7 Å². The maximum atomic E-state index is 13.4. The van der Waals surface area contributed by atoms with Crippen molar-refractivity contribution in [3.05, 3.63) is 74.3 Å². The summed E-state index contributed by atoms with van der Waals surface area (Å²) in [5, 5.41) is 5.48. The number of nitrogens with zero attached hydrogens (tertiary/aromatic N) is 3. The highest BCUT2D eigenvalue weighted by Crippen LogP contribution is 2.28. The van der Waals surface area contributed by atoms with E-state index in [1.54, 1.807) is 48.3 Å². The Morgan fingerprint density at radius 2 is 1.88 bits per heavy atom. The molecule has 1 saturated heterocycles. The van der Waals surface area contributed by atoms with E-state index in [1.165, 1.54) is 9.58 Å². The van der Waals surface area contributed by atoms with Crippen molar-refractivity contribution in [3.8, 4) is 0 Å². The summed E-state index contributed by atoms with van der Waals surface area (Å²) in [5.74, 6) is -0.667. The van der Waals surface area contributed by atoms with E-state index in [0.29, 0.717) is 11.4 Å². The van der Waals surface area contributed by atoms with Gasteiger partial charge in [-0.25, -0.2) is 4.79 Å². The monoisotopic (exact) mass is 564 g/mol. The second-order valence-corrected chi connectivity index (χ2v) is 8.79. The molecule has 1 aliphatic rings. The maximum absolute atomic E-state index is 13.4. The van der Waals surface area contributed by atoms with Gasteiger partial charge in [0.2, 0.25) is 5.91 Å². The highest BCUT2D eigenvalue weighted by Gasteiger charge is 2.45. The highest BCUT2D eigenvalue weighted by atomic mass is 127. The number of carbonyl (C=O) groups is 2. The van der Waals surface area contributed by atoms with Gasteiger partial charge in [0.15, 0.2) is 12.2 Å². The number of benzene rings is 2. The van der Waals surface area contributed by atoms with Gasteiger partial charge in [0.05, 0.1) is 12.1 Å². The van der Waals surface area contributed by atoms with Gasteiger partial charge in [0, 0.05) is 9.26 Å². The van der Waals surface area contributed by atoms with Crippen molar-refractivity contribution in [2.75, 3.05) is 10.2 Å². The molecule has 0 aliphatic carbocycles. The first kappa shape index (κ1) is 22.1. The minimum absolute atomic E-state index is 0.0116. The molecule has 2 N–H and O–H groups in total. The fourth-order valence-corrected chi connectivity index (χ4v) is 4.19. The fraction of sp³-hybridized carbons (Fsp3) is 0.190. The van der Waals surface area contributed by atoms with Crippen molar-refractivity contribution < 1.29 is 18.8 Å². The summed E-state index contributed by atoms with van der Waals surface area (Å²) in [6.07, 6.45) is -0.131. The second-order valence-electron chi connectivity index (χ2n) is 7.18. The van der Waals surface area contributed by atoms with Gasteiger partial charge >= 0.3 is 11.3 Å². The molecular weight excluding hydrogens is 545 g/mol. The Morgan fingerprint density at radius 1 is 1.19 bits per heavy atom. The maximum Gasteiger partial charge on any atom is 0.431 e. The molecule has 164 valence electrons. The standard InChI is InChI=1S/C21H18IN5O4S/c1-25-17(20(30)31-24-25)12-26-16(11-18(28)23-14-9-7-13(22)8-10-14)19(29)27(21(26)32)15-5-3-2-4-6-15/h2-10,16H,11-12H2,1H3,(H-,23,24,28,30)/p+1. The number of H-pyrrole nitrogens is 1. The lowest BCUT2D eigenvalue weighted by molar-refractivity contribution is -0.746. The van der Waals surface area contributed by atoms with Crippen LogP contribution in [0.3, 0.4) is 0 Å². The Labute approximate surface area is 202 Å². The number of carbonyl (C=O) groups excluding carboxylic acids is 2. The molecule has 3 aromatic rings. The quantitative estimate of drug-likeness (QED) is 0.270. The third-order valence-electron chi connectivity index (χ3n) is 5.08. The summed E-state index contributed by atoms with van der Waals surface area (Å²) in [4.78, 5) is 41.2. The molecule has 0 saturated carbocycles. The van der Waals surface area contributed by atoms with Crippen LogP contribution in [0, 0.1) is 3.57 Å². The number of rotatable bonds is 6. The molecule has 0 radical (unpaired) electrons. The zero-order chi connectivity index (χ0) is 22.8. The summed E-state index contributed by atoms with van der Waals surface area (Å²) in [7, 11) is 1.62. The number of amides is 2. The van der Waals surface area contributed by atoms with E-state index >= 15 is 0 Å². The second kappa shape index (κ2) is 9.20. The third kappa shape index (κ3) is 4.43. The number of aryl methyl sites for hydroxylation is 1. The number of aromatic amines is 1. The number of hydrogen-bond donors (Lipinski definition) is 2. The average molecular weight is 564 g/mol. The number of aromatic nitrogens is 2. The number of thiocarbonyl (C=S) groups is 1. The smallest absolute Gasteiger partial charge is 0.326 e. The van der Waals surface area contributed by atoms with Crippen LogP contribution in [0.2, 0.25) is 0 Å². The summed E-state index contributed by atoms with van der Waals surface area (Å²) in [5.41, 5.74) is 0.937. The van der Waals surface area contributed by atoms with Crippen LogP contribution in [-0.2, 0) is 23.2 Å². The lowest BCUT2D eigenvalue weighted by atomic mass is 10.1. The number of anilines is 2. The molecule has 1 aliphatic heterocycles. The predicted molar refractivity (Wildman–Crippen MR) is 129 cm³/mol. The van der Waals surface area contributed by atoms with E-state index in [9.17, 15) is 14.4 Å². The van der Waals surface area contributed by atoms with Crippen molar-refractivity contribution in [2.45, 2.75) is 19.0 Å². The van der Waals surface area contributed by atoms with Gasteiger partial charge in [-0.2, -0.15) is 0 Å². The van der Waals surface area contributed by atoms with Crippen LogP contribution in [0.4, 0.5) is 11.4 Å². The van der Waals surface area contributed by atoms with E-state index in [4.69, 9.17) is 16.7 Å². The van der Waals surface area contributed by atoms with Crippen molar-refractivity contribution in [1.82, 2.24) is 10.2 Å². The highest BCUT2D eigenvalue weighted by molar-refractivity contribution is 14.1. The van der Waals surface area contributed by atoms with Crippen LogP contribution in [0.1, 0.15) is 12.1 Å². The van der Waals surface area contributed by atoms with Crippen molar-refractivity contribution in [3.63, 3.8) is 0 Å². The fourth-order valence-electron chi connectivity index (χ4n) is 3.44. The number of halogens is 1. The third-order valence-corrected chi connectivity index (χ3v) is 6.21. The van der Waals surface area contributed by atoms with Gasteiger partial charge in [-0.1, -0.05) is 22.9 Å². The lowest BCUT2D eigenvalue weighted by Gasteiger charge is -2.21. The first-order valence-electron chi connectivity index (χ1n) is 9.66. The van der Waals surface area contributed by atoms with Crippen LogP contribution >= 0.6 is 34.8 Å². The molecule has 2 aromatic carbocycles. The Bertz CT molecular complexity index is 1220. The number of hydrogen-bond acceptors (Lipinski definition) is 5. The minimum Gasteiger partial charge on any atom is -0.326 e. The first-order chi connectivity index (χ1) is 15.3. The average Bonchev–Trinajstić information content (AvgIpc) is 3.21. The molecule has 0 bridgehead atoms. The molecular formula is C21H19IN5O4S+. The van der Waals surface area contributed by atoms with E-state index in [-0.39, 0.29) is 35.6 Å². The lowest BCUT2D eigenvalue weighted by Crippen LogP contribution is -2.44. The summed E-state index contributed by atoms with van der Waals surface area (Å²) >= 11 is 7.78. The van der Waals surface area contributed by atoms with Crippen LogP contribution in [-0.4, -0.2) is 33.1 Å². The van der Waals surface area contributed by atoms with Gasteiger partial charge in [-0.05, 0) is 76.5 Å². The topological polar surface area (TPSA) is 103 Å². The van der Waals surface area contributed by atoms with E-state index in [1.807, 2.05) is 18.2 Å². The molecule has 9 nitrogen and oxygen atoms in total. The zero-order valence-electron chi connectivity index (χ0n) is 16.9. The van der Waals surface area contributed by atoms with Crippen molar-refractivity contribution in [2.24, 2.45) is 7.05 Å². The molecule has 11 heteroatoms. The molecule has 4 rings (SSSR count). The molecule has 1 aromatic heterocycles. The molecule has 1 atom stereocenters. The molecule has 2 amide bonds. The van der Waals surface area contributed by atoms with Crippen LogP contribution in [0.25, 0.3) is 0 Å². The van der Waals surface area contributed by atoms with Gasteiger partial charge in [-0.15, -0.1) is 0 Å². The predicted octanol–water partition coefficient (Wildman–Crippen LogP) is 1.93. The van der Waals surface area contributed by atoms with Crippen LogP contribution in [0.15, 0.2) is 63.9 Å². The minimum atomic E-state index is -0.874.